The maximum Gasteiger partial charge on any atom is 0.262 e. The van der Waals surface area contributed by atoms with Gasteiger partial charge in [-0.1, -0.05) is 18.2 Å². The van der Waals surface area contributed by atoms with E-state index in [2.05, 4.69) is 10.0 Å². The van der Waals surface area contributed by atoms with Crippen molar-refractivity contribution in [3.63, 3.8) is 0 Å². The van der Waals surface area contributed by atoms with Gasteiger partial charge in [-0.3, -0.25) is 9.52 Å². The smallest absolute Gasteiger partial charge is 0.262 e. The van der Waals surface area contributed by atoms with Gasteiger partial charge in [0.2, 0.25) is 0 Å². The third-order valence-electron chi connectivity index (χ3n) is 4.41. The number of benzene rings is 3. The molecule has 3 rings (SSSR count). The number of anilines is 2. The van der Waals surface area contributed by atoms with Gasteiger partial charge in [0.15, 0.2) is 6.61 Å². The number of rotatable bonds is 7. The van der Waals surface area contributed by atoms with E-state index >= 15 is 0 Å². The first-order chi connectivity index (χ1) is 14.2. The van der Waals surface area contributed by atoms with Crippen molar-refractivity contribution < 1.29 is 22.3 Å². The van der Waals surface area contributed by atoms with E-state index in [-0.39, 0.29) is 23.1 Å². The highest BCUT2D eigenvalue weighted by Crippen LogP contribution is 2.20. The minimum atomic E-state index is -3.96. The van der Waals surface area contributed by atoms with Gasteiger partial charge in [0.1, 0.15) is 11.6 Å². The van der Waals surface area contributed by atoms with Gasteiger partial charge in [-0.25, -0.2) is 12.8 Å². The summed E-state index contributed by atoms with van der Waals surface area (Å²) in [5.74, 6) is -0.462. The monoisotopic (exact) mass is 428 g/mol. The Kier molecular flexibility index (Phi) is 6.37. The summed E-state index contributed by atoms with van der Waals surface area (Å²) >= 11 is 0. The van der Waals surface area contributed by atoms with Crippen molar-refractivity contribution in [3.8, 4) is 5.75 Å². The van der Waals surface area contributed by atoms with Crippen molar-refractivity contribution in [2.75, 3.05) is 16.6 Å². The third kappa shape index (κ3) is 5.36. The maximum atomic E-state index is 13.7. The molecule has 0 radical (unpaired) electrons. The third-order valence-corrected chi connectivity index (χ3v) is 5.80. The fourth-order valence-corrected chi connectivity index (χ4v) is 3.68. The van der Waals surface area contributed by atoms with Crippen LogP contribution in [-0.4, -0.2) is 20.9 Å². The van der Waals surface area contributed by atoms with E-state index in [1.54, 1.807) is 6.07 Å². The van der Waals surface area contributed by atoms with Gasteiger partial charge in [-0.2, -0.15) is 0 Å². The number of hydrogen-bond acceptors (Lipinski definition) is 4. The molecule has 0 heterocycles. The zero-order chi connectivity index (χ0) is 21.7. The molecule has 3 aromatic rings. The molecule has 0 atom stereocenters. The van der Waals surface area contributed by atoms with E-state index in [4.69, 9.17) is 4.74 Å². The Labute approximate surface area is 174 Å². The SMILES string of the molecule is Cc1ccc(OCC(=O)Nc2ccc(S(=O)(=O)Nc3ccccc3F)cc2)cc1C. The Balaban J connectivity index is 1.60. The molecule has 2 N–H and O–H groups in total. The zero-order valence-corrected chi connectivity index (χ0v) is 17.3. The van der Waals surface area contributed by atoms with Crippen LogP contribution in [-0.2, 0) is 14.8 Å². The number of aryl methyl sites for hydroxylation is 2. The van der Waals surface area contributed by atoms with Gasteiger partial charge in [0, 0.05) is 5.69 Å². The summed E-state index contributed by atoms with van der Waals surface area (Å²) in [6.45, 7) is 3.76. The number of ether oxygens (including phenoxy) is 1. The molecule has 8 heteroatoms. The van der Waals surface area contributed by atoms with E-state index in [9.17, 15) is 17.6 Å². The van der Waals surface area contributed by atoms with Crippen molar-refractivity contribution in [1.29, 1.82) is 0 Å². The molecule has 0 aliphatic carbocycles. The first-order valence-corrected chi connectivity index (χ1v) is 10.6. The molecule has 0 aliphatic heterocycles. The van der Waals surface area contributed by atoms with Crippen LogP contribution in [0, 0.1) is 19.7 Å². The van der Waals surface area contributed by atoms with Crippen molar-refractivity contribution in [2.45, 2.75) is 18.7 Å². The van der Waals surface area contributed by atoms with Crippen LogP contribution in [0.3, 0.4) is 0 Å². The molecule has 0 bridgehead atoms. The van der Waals surface area contributed by atoms with Crippen LogP contribution >= 0.6 is 0 Å². The number of halogens is 1. The minimum Gasteiger partial charge on any atom is -0.484 e. The highest BCUT2D eigenvalue weighted by Gasteiger charge is 2.16. The average Bonchev–Trinajstić information content (AvgIpc) is 2.71. The van der Waals surface area contributed by atoms with Gasteiger partial charge in [0.25, 0.3) is 15.9 Å². The number of para-hydroxylation sites is 1. The molecule has 156 valence electrons. The molecule has 0 aromatic heterocycles. The molecule has 0 unspecified atom stereocenters. The second-order valence-electron chi connectivity index (χ2n) is 6.69. The van der Waals surface area contributed by atoms with Crippen LogP contribution in [0.1, 0.15) is 11.1 Å². The molecular formula is C22H21FN2O4S. The Morgan fingerprint density at radius 2 is 1.67 bits per heavy atom. The van der Waals surface area contributed by atoms with E-state index < -0.39 is 15.8 Å². The van der Waals surface area contributed by atoms with E-state index in [0.29, 0.717) is 11.4 Å². The van der Waals surface area contributed by atoms with E-state index in [1.807, 2.05) is 26.0 Å². The lowest BCUT2D eigenvalue weighted by atomic mass is 10.1. The van der Waals surface area contributed by atoms with Crippen LogP contribution in [0.25, 0.3) is 0 Å². The summed E-state index contributed by atoms with van der Waals surface area (Å²) in [5, 5.41) is 2.64. The fourth-order valence-electron chi connectivity index (χ4n) is 2.61. The van der Waals surface area contributed by atoms with Gasteiger partial charge in [0.05, 0.1) is 10.6 Å². The maximum absolute atomic E-state index is 13.7. The second-order valence-corrected chi connectivity index (χ2v) is 8.38. The van der Waals surface area contributed by atoms with E-state index in [1.165, 1.54) is 42.5 Å². The fraction of sp³-hybridized carbons (Fsp3) is 0.136. The Morgan fingerprint density at radius 3 is 2.33 bits per heavy atom. The van der Waals surface area contributed by atoms with Gasteiger partial charge < -0.3 is 10.1 Å². The number of hydrogen-bond donors (Lipinski definition) is 2. The molecular weight excluding hydrogens is 407 g/mol. The topological polar surface area (TPSA) is 84.5 Å². The van der Waals surface area contributed by atoms with Gasteiger partial charge in [-0.15, -0.1) is 0 Å². The Hall–Kier alpha value is -3.39. The average molecular weight is 428 g/mol. The zero-order valence-electron chi connectivity index (χ0n) is 16.5. The van der Waals surface area contributed by atoms with Crippen LogP contribution in [0.15, 0.2) is 71.6 Å². The lowest BCUT2D eigenvalue weighted by Crippen LogP contribution is -2.20. The first-order valence-electron chi connectivity index (χ1n) is 9.12. The lowest BCUT2D eigenvalue weighted by molar-refractivity contribution is -0.118. The summed E-state index contributed by atoms with van der Waals surface area (Å²) in [6, 6.07) is 16.6. The minimum absolute atomic E-state index is 0.0601. The predicted molar refractivity (Wildman–Crippen MR) is 114 cm³/mol. The van der Waals surface area contributed by atoms with E-state index in [0.717, 1.165) is 17.2 Å². The first kappa shape index (κ1) is 21.3. The predicted octanol–water partition coefficient (Wildman–Crippen LogP) is 4.26. The van der Waals surface area contributed by atoms with Crippen LogP contribution in [0.2, 0.25) is 0 Å². The largest absolute Gasteiger partial charge is 0.484 e. The molecule has 6 nitrogen and oxygen atoms in total. The van der Waals surface area contributed by atoms with Gasteiger partial charge >= 0.3 is 0 Å². The van der Waals surface area contributed by atoms with Crippen molar-refractivity contribution >= 4 is 27.3 Å². The van der Waals surface area contributed by atoms with Crippen molar-refractivity contribution in [2.24, 2.45) is 0 Å². The molecule has 0 aliphatic rings. The molecule has 0 fully saturated rings. The highest BCUT2D eigenvalue weighted by atomic mass is 32.2. The summed E-state index contributed by atoms with van der Waals surface area (Å²) in [7, 11) is -3.96. The summed E-state index contributed by atoms with van der Waals surface area (Å²) in [5.41, 5.74) is 2.46. The summed E-state index contributed by atoms with van der Waals surface area (Å²) in [4.78, 5) is 12.0. The summed E-state index contributed by atoms with van der Waals surface area (Å²) < 4.78 is 46.2. The molecule has 30 heavy (non-hydrogen) atoms. The molecule has 0 saturated heterocycles. The molecule has 0 saturated carbocycles. The van der Waals surface area contributed by atoms with Crippen LogP contribution in [0.5, 0.6) is 5.75 Å². The summed E-state index contributed by atoms with van der Waals surface area (Å²) in [6.07, 6.45) is 0. The Morgan fingerprint density at radius 1 is 0.967 bits per heavy atom. The lowest BCUT2D eigenvalue weighted by Gasteiger charge is -2.11. The standard InChI is InChI=1S/C22H21FN2O4S/c1-15-7-10-18(13-16(15)2)29-14-22(26)24-17-8-11-19(12-9-17)30(27,28)25-21-6-4-3-5-20(21)23/h3-13,25H,14H2,1-2H3,(H,24,26). The molecule has 3 aromatic carbocycles. The second kappa shape index (κ2) is 8.96. The number of amides is 1. The van der Waals surface area contributed by atoms with Crippen LogP contribution < -0.4 is 14.8 Å². The Bertz CT molecular complexity index is 1160. The van der Waals surface area contributed by atoms with Gasteiger partial charge in [-0.05, 0) is 73.5 Å². The quantitative estimate of drug-likeness (QED) is 0.589. The van der Waals surface area contributed by atoms with Crippen molar-refractivity contribution in [3.05, 3.63) is 83.7 Å². The molecule has 0 spiro atoms. The number of nitrogens with one attached hydrogen (secondary N) is 2. The number of carbonyl (C=O) groups is 1. The normalized spacial score (nSPS) is 11.0. The highest BCUT2D eigenvalue weighted by molar-refractivity contribution is 7.92. The number of sulfonamides is 1. The van der Waals surface area contributed by atoms with Crippen molar-refractivity contribution in [1.82, 2.24) is 0 Å². The molecule has 1 amide bonds. The van der Waals surface area contributed by atoms with Crippen LogP contribution in [0.4, 0.5) is 15.8 Å². The number of carbonyl (C=O) groups excluding carboxylic acids is 1.